The van der Waals surface area contributed by atoms with Gasteiger partial charge in [-0.25, -0.2) is 23.5 Å². The fourth-order valence-corrected chi connectivity index (χ4v) is 2.42. The van der Waals surface area contributed by atoms with Gasteiger partial charge in [-0.2, -0.15) is 0 Å². The minimum absolute atomic E-state index is 0.0395. The molecule has 114 valence electrons. The van der Waals surface area contributed by atoms with Crippen molar-refractivity contribution in [2.24, 2.45) is 5.14 Å². The van der Waals surface area contributed by atoms with Gasteiger partial charge in [0.2, 0.25) is 10.0 Å². The van der Waals surface area contributed by atoms with Gasteiger partial charge in [-0.3, -0.25) is 0 Å². The van der Waals surface area contributed by atoms with Crippen LogP contribution in [0.5, 0.6) is 0 Å². The first-order valence-electron chi connectivity index (χ1n) is 6.68. The smallest absolute Gasteiger partial charge is 0.209 e. The molecule has 1 heterocycles. The number of hydrogen-bond donors (Lipinski definition) is 3. The first-order valence-corrected chi connectivity index (χ1v) is 8.39. The monoisotopic (exact) mass is 301 g/mol. The molecule has 0 spiro atoms. The summed E-state index contributed by atoms with van der Waals surface area (Å²) in [6.45, 7) is 7.41. The van der Waals surface area contributed by atoms with E-state index < -0.39 is 10.0 Å². The maximum Gasteiger partial charge on any atom is 0.209 e. The van der Waals surface area contributed by atoms with E-state index in [1.54, 1.807) is 0 Å². The van der Waals surface area contributed by atoms with Crippen molar-refractivity contribution in [1.82, 2.24) is 9.97 Å². The number of nitrogens with two attached hydrogens (primary N) is 1. The van der Waals surface area contributed by atoms with Crippen molar-refractivity contribution in [3.8, 4) is 0 Å². The summed E-state index contributed by atoms with van der Waals surface area (Å²) in [4.78, 5) is 8.47. The molecule has 0 unspecified atom stereocenters. The lowest BCUT2D eigenvalue weighted by Crippen LogP contribution is -2.19. The summed E-state index contributed by atoms with van der Waals surface area (Å²) in [7, 11) is -3.41. The number of hydrogen-bond acceptors (Lipinski definition) is 6. The fraction of sp³-hybridized carbons (Fsp3) is 0.667. The van der Waals surface area contributed by atoms with Gasteiger partial charge < -0.3 is 10.6 Å². The standard InChI is InChI=1S/C12H23N5O2S/c1-4-14-11-10(9(2)3)12(17-8-16-11)15-6-5-7-20(13,18)19/h8-9H,4-7H2,1-3H3,(H2,13,18,19)(H2,14,15,16,17). The molecule has 0 aromatic carbocycles. The van der Waals surface area contributed by atoms with E-state index in [1.807, 2.05) is 6.92 Å². The fourth-order valence-electron chi connectivity index (χ4n) is 1.87. The van der Waals surface area contributed by atoms with E-state index in [-0.39, 0.29) is 11.7 Å². The topological polar surface area (TPSA) is 110 Å². The Morgan fingerprint density at radius 1 is 1.25 bits per heavy atom. The molecule has 1 aromatic heterocycles. The molecule has 4 N–H and O–H groups in total. The summed E-state index contributed by atoms with van der Waals surface area (Å²) in [6, 6.07) is 0. The normalized spacial score (nSPS) is 11.7. The third-order valence-electron chi connectivity index (χ3n) is 2.70. The third-order valence-corrected chi connectivity index (χ3v) is 3.56. The predicted octanol–water partition coefficient (Wildman–Crippen LogP) is 1.12. The lowest BCUT2D eigenvalue weighted by Gasteiger charge is -2.17. The molecule has 0 aliphatic heterocycles. The molecule has 0 saturated carbocycles. The van der Waals surface area contributed by atoms with Crippen molar-refractivity contribution in [1.29, 1.82) is 0 Å². The lowest BCUT2D eigenvalue weighted by atomic mass is 10.0. The third kappa shape index (κ3) is 5.30. The van der Waals surface area contributed by atoms with Gasteiger partial charge in [0.25, 0.3) is 0 Å². The zero-order valence-corrected chi connectivity index (χ0v) is 13.0. The van der Waals surface area contributed by atoms with Crippen LogP contribution in [0.3, 0.4) is 0 Å². The minimum Gasteiger partial charge on any atom is -0.370 e. The van der Waals surface area contributed by atoms with Gasteiger partial charge in [-0.05, 0) is 19.3 Å². The molecule has 7 nitrogen and oxygen atoms in total. The maximum absolute atomic E-state index is 10.9. The molecule has 1 aromatic rings. The number of nitrogens with zero attached hydrogens (tertiary/aromatic N) is 2. The number of rotatable bonds is 8. The molecule has 8 heteroatoms. The average molecular weight is 301 g/mol. The Labute approximate surface area is 120 Å². The van der Waals surface area contributed by atoms with Gasteiger partial charge in [0.05, 0.1) is 5.75 Å². The summed E-state index contributed by atoms with van der Waals surface area (Å²) in [5.41, 5.74) is 1.00. The molecule has 0 aliphatic rings. The molecule has 0 aliphatic carbocycles. The highest BCUT2D eigenvalue weighted by molar-refractivity contribution is 7.89. The van der Waals surface area contributed by atoms with Gasteiger partial charge in [-0.1, -0.05) is 13.8 Å². The van der Waals surface area contributed by atoms with Crippen LogP contribution in [0.1, 0.15) is 38.7 Å². The second-order valence-corrected chi connectivity index (χ2v) is 6.55. The summed E-state index contributed by atoms with van der Waals surface area (Å²) < 4.78 is 21.7. The van der Waals surface area contributed by atoms with Crippen LogP contribution in [-0.4, -0.2) is 37.2 Å². The highest BCUT2D eigenvalue weighted by Gasteiger charge is 2.14. The minimum atomic E-state index is -3.41. The molecule has 0 atom stereocenters. The molecule has 0 radical (unpaired) electrons. The quantitative estimate of drug-likeness (QED) is 0.621. The van der Waals surface area contributed by atoms with E-state index in [9.17, 15) is 8.42 Å². The lowest BCUT2D eigenvalue weighted by molar-refractivity contribution is 0.595. The zero-order valence-electron chi connectivity index (χ0n) is 12.2. The number of aromatic nitrogens is 2. The second kappa shape index (κ2) is 7.39. The van der Waals surface area contributed by atoms with Crippen LogP contribution in [0.15, 0.2) is 6.33 Å². The van der Waals surface area contributed by atoms with Gasteiger partial charge in [-0.15, -0.1) is 0 Å². The summed E-state index contributed by atoms with van der Waals surface area (Å²) in [5.74, 6) is 1.76. The van der Waals surface area contributed by atoms with E-state index in [4.69, 9.17) is 5.14 Å². The van der Waals surface area contributed by atoms with Crippen LogP contribution < -0.4 is 15.8 Å². The molecular weight excluding hydrogens is 278 g/mol. The number of sulfonamides is 1. The predicted molar refractivity (Wildman–Crippen MR) is 81.4 cm³/mol. The largest absolute Gasteiger partial charge is 0.370 e. The number of anilines is 2. The van der Waals surface area contributed by atoms with E-state index in [0.717, 1.165) is 23.7 Å². The Balaban J connectivity index is 2.76. The Kier molecular flexibility index (Phi) is 6.15. The maximum atomic E-state index is 10.9. The van der Waals surface area contributed by atoms with Crippen molar-refractivity contribution in [3.05, 3.63) is 11.9 Å². The molecule has 0 amide bonds. The van der Waals surface area contributed by atoms with Crippen LogP contribution in [0.2, 0.25) is 0 Å². The van der Waals surface area contributed by atoms with Crippen molar-refractivity contribution in [3.63, 3.8) is 0 Å². The van der Waals surface area contributed by atoms with Crippen LogP contribution in [-0.2, 0) is 10.0 Å². The van der Waals surface area contributed by atoms with Crippen LogP contribution in [0.25, 0.3) is 0 Å². The van der Waals surface area contributed by atoms with Crippen LogP contribution in [0.4, 0.5) is 11.6 Å². The van der Waals surface area contributed by atoms with E-state index in [1.165, 1.54) is 6.33 Å². The van der Waals surface area contributed by atoms with Gasteiger partial charge in [0, 0.05) is 18.7 Å². The molecule has 0 saturated heterocycles. The molecule has 0 bridgehead atoms. The second-order valence-electron chi connectivity index (χ2n) is 4.82. The molecular formula is C12H23N5O2S. The summed E-state index contributed by atoms with van der Waals surface area (Å²) >= 11 is 0. The highest BCUT2D eigenvalue weighted by atomic mass is 32.2. The zero-order chi connectivity index (χ0) is 15.2. The Hall–Kier alpha value is -1.41. The van der Waals surface area contributed by atoms with E-state index in [0.29, 0.717) is 13.0 Å². The molecule has 0 fully saturated rings. The van der Waals surface area contributed by atoms with Crippen LogP contribution in [0, 0.1) is 0 Å². The first-order chi connectivity index (χ1) is 9.35. The molecule has 1 rings (SSSR count). The number of nitrogens with one attached hydrogen (secondary N) is 2. The summed E-state index contributed by atoms with van der Waals surface area (Å²) in [5, 5.41) is 11.3. The van der Waals surface area contributed by atoms with Crippen molar-refractivity contribution < 1.29 is 8.42 Å². The molecule has 20 heavy (non-hydrogen) atoms. The Morgan fingerprint density at radius 2 is 1.85 bits per heavy atom. The highest BCUT2D eigenvalue weighted by Crippen LogP contribution is 2.28. The SMILES string of the molecule is CCNc1ncnc(NCCCS(N)(=O)=O)c1C(C)C. The van der Waals surface area contributed by atoms with E-state index >= 15 is 0 Å². The van der Waals surface area contributed by atoms with Crippen molar-refractivity contribution in [2.75, 3.05) is 29.5 Å². The van der Waals surface area contributed by atoms with Crippen molar-refractivity contribution >= 4 is 21.7 Å². The number of primary sulfonamides is 1. The van der Waals surface area contributed by atoms with Crippen molar-refractivity contribution in [2.45, 2.75) is 33.1 Å². The Bertz CT molecular complexity index is 531. The van der Waals surface area contributed by atoms with E-state index in [2.05, 4.69) is 34.4 Å². The first kappa shape index (κ1) is 16.6. The van der Waals surface area contributed by atoms with Gasteiger partial charge in [0.15, 0.2) is 0 Å². The Morgan fingerprint density at radius 3 is 2.35 bits per heavy atom. The van der Waals surface area contributed by atoms with Gasteiger partial charge >= 0.3 is 0 Å². The average Bonchev–Trinajstić information content (AvgIpc) is 2.33. The summed E-state index contributed by atoms with van der Waals surface area (Å²) in [6.07, 6.45) is 1.93. The van der Waals surface area contributed by atoms with Crippen LogP contribution >= 0.6 is 0 Å². The van der Waals surface area contributed by atoms with Gasteiger partial charge in [0.1, 0.15) is 18.0 Å².